The van der Waals surface area contributed by atoms with Crippen LogP contribution in [0.5, 0.6) is 0 Å². The molecule has 2 aliphatic rings. The number of hydrogen-bond donors (Lipinski definition) is 1. The number of hydrogen-bond acceptors (Lipinski definition) is 4. The Bertz CT molecular complexity index is 1010. The highest BCUT2D eigenvalue weighted by molar-refractivity contribution is 7.89. The van der Waals surface area contributed by atoms with Crippen molar-refractivity contribution in [1.29, 1.82) is 0 Å². The molecule has 1 heterocycles. The highest BCUT2D eigenvalue weighted by atomic mass is 32.2. The molecule has 1 N–H and O–H groups in total. The molecule has 2 aromatic rings. The van der Waals surface area contributed by atoms with Crippen molar-refractivity contribution in [2.45, 2.75) is 36.1 Å². The third-order valence-electron chi connectivity index (χ3n) is 5.91. The lowest BCUT2D eigenvalue weighted by Crippen LogP contribution is -2.44. The van der Waals surface area contributed by atoms with E-state index in [4.69, 9.17) is 4.74 Å². The van der Waals surface area contributed by atoms with Crippen LogP contribution in [0, 0.1) is 5.82 Å². The first-order valence-corrected chi connectivity index (χ1v) is 11.6. The standard InChI is InChI=1S/C22H25FN2O4S/c23-19-8-6-18(7-9-19)22(10-1-2-11-22)24-21(26)17-4-3-5-20(16-17)30(27,28)25-12-14-29-15-13-25/h3-9,16H,1-2,10-15H2,(H,24,26). The SMILES string of the molecule is O=C(NC1(c2ccc(F)cc2)CCCC1)c1cccc(S(=O)(=O)N2CCOCC2)c1. The van der Waals surface area contributed by atoms with E-state index >= 15 is 0 Å². The number of carbonyl (C=O) groups is 1. The third-order valence-corrected chi connectivity index (χ3v) is 7.81. The van der Waals surface area contributed by atoms with E-state index in [0.717, 1.165) is 31.2 Å². The van der Waals surface area contributed by atoms with Gasteiger partial charge in [0.25, 0.3) is 5.91 Å². The summed E-state index contributed by atoms with van der Waals surface area (Å²) in [6.07, 6.45) is 3.44. The average molecular weight is 433 g/mol. The number of ether oxygens (including phenoxy) is 1. The predicted molar refractivity (Wildman–Crippen MR) is 110 cm³/mol. The van der Waals surface area contributed by atoms with E-state index in [1.807, 2.05) is 0 Å². The molecule has 1 saturated heterocycles. The number of carbonyl (C=O) groups excluding carboxylic acids is 1. The van der Waals surface area contributed by atoms with Crippen LogP contribution in [0.3, 0.4) is 0 Å². The number of sulfonamides is 1. The Morgan fingerprint density at radius 1 is 1.03 bits per heavy atom. The Balaban J connectivity index is 1.59. The molecule has 2 fully saturated rings. The molecule has 6 nitrogen and oxygen atoms in total. The summed E-state index contributed by atoms with van der Waals surface area (Å²) >= 11 is 0. The van der Waals surface area contributed by atoms with Gasteiger partial charge in [-0.15, -0.1) is 0 Å². The van der Waals surface area contributed by atoms with Gasteiger partial charge in [0, 0.05) is 18.7 Å². The van der Waals surface area contributed by atoms with Crippen LogP contribution in [0.15, 0.2) is 53.4 Å². The number of benzene rings is 2. The maximum atomic E-state index is 13.4. The van der Waals surface area contributed by atoms with E-state index in [9.17, 15) is 17.6 Å². The Kier molecular flexibility index (Phi) is 5.90. The van der Waals surface area contributed by atoms with Crippen LogP contribution in [-0.2, 0) is 20.3 Å². The van der Waals surface area contributed by atoms with Crippen LogP contribution in [0.1, 0.15) is 41.6 Å². The molecule has 0 atom stereocenters. The van der Waals surface area contributed by atoms with E-state index in [0.29, 0.717) is 26.3 Å². The van der Waals surface area contributed by atoms with Gasteiger partial charge in [-0.05, 0) is 48.7 Å². The summed E-state index contributed by atoms with van der Waals surface area (Å²) in [7, 11) is -3.69. The summed E-state index contributed by atoms with van der Waals surface area (Å²) < 4.78 is 45.8. The molecule has 4 rings (SSSR count). The fourth-order valence-electron chi connectivity index (χ4n) is 4.26. The van der Waals surface area contributed by atoms with Gasteiger partial charge in [-0.1, -0.05) is 31.0 Å². The summed E-state index contributed by atoms with van der Waals surface area (Å²) in [6.45, 7) is 1.32. The minimum absolute atomic E-state index is 0.0966. The summed E-state index contributed by atoms with van der Waals surface area (Å²) in [5.41, 5.74) is 0.591. The fraction of sp³-hybridized carbons (Fsp3) is 0.409. The first-order valence-electron chi connectivity index (χ1n) is 10.2. The topological polar surface area (TPSA) is 75.7 Å². The fourth-order valence-corrected chi connectivity index (χ4v) is 5.71. The minimum atomic E-state index is -3.69. The molecule has 0 bridgehead atoms. The Labute approximate surface area is 176 Å². The Hall–Kier alpha value is -2.29. The monoisotopic (exact) mass is 432 g/mol. The van der Waals surface area contributed by atoms with Crippen molar-refractivity contribution < 1.29 is 22.3 Å². The lowest BCUT2D eigenvalue weighted by Gasteiger charge is -2.31. The Morgan fingerprint density at radius 2 is 1.70 bits per heavy atom. The molecule has 1 aliphatic carbocycles. The van der Waals surface area contributed by atoms with Crippen LogP contribution in [-0.4, -0.2) is 44.9 Å². The summed E-state index contributed by atoms with van der Waals surface area (Å²) in [5, 5.41) is 3.11. The zero-order valence-electron chi connectivity index (χ0n) is 16.6. The van der Waals surface area contributed by atoms with Crippen molar-refractivity contribution in [3.8, 4) is 0 Å². The molecular formula is C22H25FN2O4S. The quantitative estimate of drug-likeness (QED) is 0.788. The van der Waals surface area contributed by atoms with E-state index in [-0.39, 0.29) is 22.2 Å². The minimum Gasteiger partial charge on any atom is -0.379 e. The number of amides is 1. The van der Waals surface area contributed by atoms with Crippen molar-refractivity contribution in [1.82, 2.24) is 9.62 Å². The van der Waals surface area contributed by atoms with Gasteiger partial charge in [0.05, 0.1) is 23.6 Å². The highest BCUT2D eigenvalue weighted by Gasteiger charge is 2.37. The van der Waals surface area contributed by atoms with Gasteiger partial charge < -0.3 is 10.1 Å². The van der Waals surface area contributed by atoms with Crippen molar-refractivity contribution >= 4 is 15.9 Å². The molecule has 0 unspecified atom stereocenters. The summed E-state index contributed by atoms with van der Waals surface area (Å²) in [5.74, 6) is -0.653. The number of morpholine rings is 1. The van der Waals surface area contributed by atoms with E-state index in [1.165, 1.54) is 28.6 Å². The maximum absolute atomic E-state index is 13.4. The third kappa shape index (κ3) is 4.12. The molecule has 8 heteroatoms. The maximum Gasteiger partial charge on any atom is 0.252 e. The van der Waals surface area contributed by atoms with Gasteiger partial charge in [0.2, 0.25) is 10.0 Å². The van der Waals surface area contributed by atoms with Crippen molar-refractivity contribution in [3.05, 3.63) is 65.5 Å². The zero-order chi connectivity index (χ0) is 21.2. The number of nitrogens with zero attached hydrogens (tertiary/aromatic N) is 1. The van der Waals surface area contributed by atoms with Crippen molar-refractivity contribution in [2.24, 2.45) is 0 Å². The second kappa shape index (κ2) is 8.45. The largest absolute Gasteiger partial charge is 0.379 e. The van der Waals surface area contributed by atoms with Crippen molar-refractivity contribution in [2.75, 3.05) is 26.3 Å². The lowest BCUT2D eigenvalue weighted by molar-refractivity contribution is 0.0730. The first-order chi connectivity index (χ1) is 14.4. The smallest absolute Gasteiger partial charge is 0.252 e. The normalized spacial score (nSPS) is 19.5. The highest BCUT2D eigenvalue weighted by Crippen LogP contribution is 2.39. The molecule has 160 valence electrons. The molecule has 0 aromatic heterocycles. The number of rotatable bonds is 5. The van der Waals surface area contributed by atoms with Gasteiger partial charge in [-0.25, -0.2) is 12.8 Å². The summed E-state index contributed by atoms with van der Waals surface area (Å²) in [6, 6.07) is 12.3. The van der Waals surface area contributed by atoms with Crippen LogP contribution >= 0.6 is 0 Å². The molecular weight excluding hydrogens is 407 g/mol. The van der Waals surface area contributed by atoms with Gasteiger partial charge in [-0.3, -0.25) is 4.79 Å². The van der Waals surface area contributed by atoms with Crippen LogP contribution in [0.4, 0.5) is 4.39 Å². The van der Waals surface area contributed by atoms with Crippen LogP contribution in [0.25, 0.3) is 0 Å². The van der Waals surface area contributed by atoms with E-state index in [2.05, 4.69) is 5.32 Å². The van der Waals surface area contributed by atoms with E-state index in [1.54, 1.807) is 24.3 Å². The molecule has 1 saturated carbocycles. The number of nitrogens with one attached hydrogen (secondary N) is 1. The average Bonchev–Trinajstić information content (AvgIpc) is 3.24. The van der Waals surface area contributed by atoms with Crippen molar-refractivity contribution in [3.63, 3.8) is 0 Å². The predicted octanol–water partition coefficient (Wildman–Crippen LogP) is 3.05. The second-order valence-corrected chi connectivity index (χ2v) is 9.73. The van der Waals surface area contributed by atoms with Gasteiger partial charge >= 0.3 is 0 Å². The zero-order valence-corrected chi connectivity index (χ0v) is 17.5. The van der Waals surface area contributed by atoms with Gasteiger partial charge in [-0.2, -0.15) is 4.31 Å². The molecule has 30 heavy (non-hydrogen) atoms. The Morgan fingerprint density at radius 3 is 2.37 bits per heavy atom. The van der Waals surface area contributed by atoms with Crippen LogP contribution < -0.4 is 5.32 Å². The summed E-state index contributed by atoms with van der Waals surface area (Å²) in [4.78, 5) is 13.2. The van der Waals surface area contributed by atoms with Gasteiger partial charge in [0.15, 0.2) is 0 Å². The van der Waals surface area contributed by atoms with Crippen LogP contribution in [0.2, 0.25) is 0 Å². The van der Waals surface area contributed by atoms with E-state index < -0.39 is 15.6 Å². The lowest BCUT2D eigenvalue weighted by atomic mass is 9.87. The number of halogens is 1. The molecule has 0 spiro atoms. The molecule has 1 aliphatic heterocycles. The molecule has 2 aromatic carbocycles. The second-order valence-electron chi connectivity index (χ2n) is 7.79. The van der Waals surface area contributed by atoms with Gasteiger partial charge in [0.1, 0.15) is 5.82 Å². The molecule has 1 amide bonds. The molecule has 0 radical (unpaired) electrons. The first kappa shape index (κ1) is 21.0.